The molecule has 0 unspecified atom stereocenters. The van der Waals surface area contributed by atoms with Crippen molar-refractivity contribution in [1.29, 1.82) is 0 Å². The molecule has 0 saturated heterocycles. The van der Waals surface area contributed by atoms with Gasteiger partial charge in [-0.05, 0) is 48.5 Å². The van der Waals surface area contributed by atoms with Gasteiger partial charge in [-0.15, -0.1) is 0 Å². The molecule has 0 spiro atoms. The number of hydrogen-bond acceptors (Lipinski definition) is 3. The second-order valence-corrected chi connectivity index (χ2v) is 4.75. The summed E-state index contributed by atoms with van der Waals surface area (Å²) in [7, 11) is 1.55. The van der Waals surface area contributed by atoms with E-state index in [9.17, 15) is 14.0 Å². The molecule has 2 aromatic carbocycles. The third-order valence-corrected chi connectivity index (χ3v) is 3.15. The average Bonchev–Trinajstić information content (AvgIpc) is 2.59. The van der Waals surface area contributed by atoms with Crippen LogP contribution in [0.15, 0.2) is 48.5 Å². The summed E-state index contributed by atoms with van der Waals surface area (Å²) in [4.78, 5) is 23.7. The lowest BCUT2D eigenvalue weighted by molar-refractivity contribution is 0.0927. The molecule has 120 valence electrons. The Morgan fingerprint density at radius 2 is 1.30 bits per heavy atom. The molecule has 2 amide bonds. The zero-order valence-electron chi connectivity index (χ0n) is 12.6. The van der Waals surface area contributed by atoms with Crippen molar-refractivity contribution in [2.75, 3.05) is 20.2 Å². The first-order valence-corrected chi connectivity index (χ1v) is 7.06. The van der Waals surface area contributed by atoms with Crippen LogP contribution in [0, 0.1) is 5.82 Å². The molecule has 2 rings (SSSR count). The number of halogens is 1. The van der Waals surface area contributed by atoms with Gasteiger partial charge in [0.25, 0.3) is 11.8 Å². The Hall–Kier alpha value is -2.89. The largest absolute Gasteiger partial charge is 0.497 e. The van der Waals surface area contributed by atoms with Crippen molar-refractivity contribution < 1.29 is 18.7 Å². The van der Waals surface area contributed by atoms with Gasteiger partial charge in [0.2, 0.25) is 0 Å². The molecule has 0 radical (unpaired) electrons. The van der Waals surface area contributed by atoms with E-state index in [1.165, 1.54) is 24.3 Å². The van der Waals surface area contributed by atoms with Crippen molar-refractivity contribution in [3.05, 3.63) is 65.5 Å². The molecule has 2 N–H and O–H groups in total. The monoisotopic (exact) mass is 316 g/mol. The minimum atomic E-state index is -0.395. The van der Waals surface area contributed by atoms with Gasteiger partial charge in [-0.2, -0.15) is 0 Å². The molecule has 5 nitrogen and oxygen atoms in total. The van der Waals surface area contributed by atoms with Crippen LogP contribution >= 0.6 is 0 Å². The molecule has 0 aliphatic heterocycles. The van der Waals surface area contributed by atoms with Gasteiger partial charge in [0.1, 0.15) is 11.6 Å². The molecule has 0 aliphatic carbocycles. The fourth-order valence-corrected chi connectivity index (χ4v) is 1.90. The van der Waals surface area contributed by atoms with Crippen molar-refractivity contribution >= 4 is 11.8 Å². The highest BCUT2D eigenvalue weighted by Gasteiger charge is 2.07. The first-order valence-electron chi connectivity index (χ1n) is 7.06. The van der Waals surface area contributed by atoms with Gasteiger partial charge in [-0.3, -0.25) is 9.59 Å². The van der Waals surface area contributed by atoms with E-state index in [1.54, 1.807) is 31.4 Å². The summed E-state index contributed by atoms with van der Waals surface area (Å²) in [6, 6.07) is 12.0. The highest BCUT2D eigenvalue weighted by atomic mass is 19.1. The number of ether oxygens (including phenoxy) is 1. The van der Waals surface area contributed by atoms with Crippen molar-refractivity contribution in [2.45, 2.75) is 0 Å². The summed E-state index contributed by atoms with van der Waals surface area (Å²) >= 11 is 0. The van der Waals surface area contributed by atoms with E-state index in [0.717, 1.165) is 0 Å². The minimum Gasteiger partial charge on any atom is -0.497 e. The molecular formula is C17H17FN2O3. The van der Waals surface area contributed by atoms with Gasteiger partial charge < -0.3 is 15.4 Å². The first-order chi connectivity index (χ1) is 11.1. The second-order valence-electron chi connectivity index (χ2n) is 4.75. The second kappa shape index (κ2) is 7.93. The van der Waals surface area contributed by atoms with Crippen LogP contribution in [0.5, 0.6) is 5.75 Å². The Balaban J connectivity index is 1.75. The molecule has 0 atom stereocenters. The first kappa shape index (κ1) is 16.5. The van der Waals surface area contributed by atoms with E-state index in [2.05, 4.69) is 10.6 Å². The zero-order chi connectivity index (χ0) is 16.7. The quantitative estimate of drug-likeness (QED) is 0.801. The van der Waals surface area contributed by atoms with E-state index in [1.807, 2.05) is 0 Å². The van der Waals surface area contributed by atoms with Crippen molar-refractivity contribution in [1.82, 2.24) is 10.6 Å². The van der Waals surface area contributed by atoms with Crippen molar-refractivity contribution in [3.63, 3.8) is 0 Å². The Bertz CT molecular complexity index is 669. The van der Waals surface area contributed by atoms with Gasteiger partial charge in [-0.1, -0.05) is 0 Å². The lowest BCUT2D eigenvalue weighted by Gasteiger charge is -2.08. The van der Waals surface area contributed by atoms with Crippen LogP contribution in [0.4, 0.5) is 4.39 Å². The number of nitrogens with one attached hydrogen (secondary N) is 2. The van der Waals surface area contributed by atoms with E-state index >= 15 is 0 Å². The molecule has 0 aromatic heterocycles. The molecule has 6 heteroatoms. The molecule has 23 heavy (non-hydrogen) atoms. The standard InChI is InChI=1S/C17H17FN2O3/c1-23-15-8-4-13(5-9-15)17(22)20-11-10-19-16(21)12-2-6-14(18)7-3-12/h2-9H,10-11H2,1H3,(H,19,21)(H,20,22). The maximum atomic E-state index is 12.8. The number of rotatable bonds is 6. The summed E-state index contributed by atoms with van der Waals surface area (Å²) in [5, 5.41) is 5.35. The average molecular weight is 316 g/mol. The van der Waals surface area contributed by atoms with E-state index in [-0.39, 0.29) is 24.9 Å². The van der Waals surface area contributed by atoms with Crippen LogP contribution in [0.2, 0.25) is 0 Å². The van der Waals surface area contributed by atoms with Crippen LogP contribution in [0.1, 0.15) is 20.7 Å². The third kappa shape index (κ3) is 4.81. The summed E-state index contributed by atoms with van der Waals surface area (Å²) in [6.45, 7) is 0.565. The number of methoxy groups -OCH3 is 1. The molecule has 2 aromatic rings. The van der Waals surface area contributed by atoms with Gasteiger partial charge in [0.05, 0.1) is 7.11 Å². The lowest BCUT2D eigenvalue weighted by atomic mass is 10.2. The van der Waals surface area contributed by atoms with Gasteiger partial charge in [0.15, 0.2) is 0 Å². The molecular weight excluding hydrogens is 299 g/mol. The Labute approximate surface area is 133 Å². The SMILES string of the molecule is COc1ccc(C(=O)NCCNC(=O)c2ccc(F)cc2)cc1. The predicted molar refractivity (Wildman–Crippen MR) is 84.1 cm³/mol. The van der Waals surface area contributed by atoms with Crippen LogP contribution in [-0.4, -0.2) is 32.0 Å². The van der Waals surface area contributed by atoms with Gasteiger partial charge >= 0.3 is 0 Å². The van der Waals surface area contributed by atoms with Crippen LogP contribution in [0.3, 0.4) is 0 Å². The highest BCUT2D eigenvalue weighted by molar-refractivity contribution is 5.95. The van der Waals surface area contributed by atoms with E-state index < -0.39 is 5.82 Å². The smallest absolute Gasteiger partial charge is 0.251 e. The minimum absolute atomic E-state index is 0.233. The molecule has 0 aliphatic rings. The number of amides is 2. The Morgan fingerprint density at radius 3 is 1.74 bits per heavy atom. The topological polar surface area (TPSA) is 67.4 Å². The summed E-state index contributed by atoms with van der Waals surface area (Å²) in [5.74, 6) is -0.270. The predicted octanol–water partition coefficient (Wildman–Crippen LogP) is 1.99. The summed E-state index contributed by atoms with van der Waals surface area (Å²) in [6.07, 6.45) is 0. The Kier molecular flexibility index (Phi) is 5.68. The molecule has 0 heterocycles. The van der Waals surface area contributed by atoms with Gasteiger partial charge in [0, 0.05) is 24.2 Å². The van der Waals surface area contributed by atoms with Gasteiger partial charge in [-0.25, -0.2) is 4.39 Å². The highest BCUT2D eigenvalue weighted by Crippen LogP contribution is 2.10. The normalized spacial score (nSPS) is 10.0. The molecule has 0 bridgehead atoms. The Morgan fingerprint density at radius 1 is 0.870 bits per heavy atom. The molecule has 0 saturated carbocycles. The van der Waals surface area contributed by atoms with Crippen LogP contribution < -0.4 is 15.4 Å². The third-order valence-electron chi connectivity index (χ3n) is 3.15. The fourth-order valence-electron chi connectivity index (χ4n) is 1.90. The maximum Gasteiger partial charge on any atom is 0.251 e. The van der Waals surface area contributed by atoms with Crippen LogP contribution in [-0.2, 0) is 0 Å². The van der Waals surface area contributed by atoms with Crippen molar-refractivity contribution in [2.24, 2.45) is 0 Å². The number of benzene rings is 2. The summed E-state index contributed by atoms with van der Waals surface area (Å²) < 4.78 is 17.8. The van der Waals surface area contributed by atoms with Crippen LogP contribution in [0.25, 0.3) is 0 Å². The number of carbonyl (C=O) groups excluding carboxylic acids is 2. The fraction of sp³-hybridized carbons (Fsp3) is 0.176. The number of carbonyl (C=O) groups is 2. The number of hydrogen-bond donors (Lipinski definition) is 2. The van der Waals surface area contributed by atoms with E-state index in [4.69, 9.17) is 4.74 Å². The van der Waals surface area contributed by atoms with E-state index in [0.29, 0.717) is 16.9 Å². The van der Waals surface area contributed by atoms with Crippen molar-refractivity contribution in [3.8, 4) is 5.75 Å². The zero-order valence-corrected chi connectivity index (χ0v) is 12.6. The molecule has 0 fully saturated rings. The summed E-state index contributed by atoms with van der Waals surface area (Å²) in [5.41, 5.74) is 0.878. The maximum absolute atomic E-state index is 12.8. The lowest BCUT2D eigenvalue weighted by Crippen LogP contribution is -2.34.